The minimum Gasteiger partial charge on any atom is -0.488 e. The van der Waals surface area contributed by atoms with Gasteiger partial charge in [0.2, 0.25) is 11.8 Å². The summed E-state index contributed by atoms with van der Waals surface area (Å²) >= 11 is 0. The lowest BCUT2D eigenvalue weighted by molar-refractivity contribution is -0.139. The molecule has 2 saturated heterocycles. The van der Waals surface area contributed by atoms with Crippen molar-refractivity contribution >= 4 is 39.7 Å². The molecule has 8 rings (SSSR count). The molecule has 0 unspecified atom stereocenters. The van der Waals surface area contributed by atoms with E-state index in [1.807, 2.05) is 42.8 Å². The fraction of sp³-hybridized carbons (Fsp3) is 0.442. The first-order valence-corrected chi connectivity index (χ1v) is 19.6. The van der Waals surface area contributed by atoms with Gasteiger partial charge < -0.3 is 39.3 Å². The van der Waals surface area contributed by atoms with E-state index < -0.39 is 18.2 Å². The highest BCUT2D eigenvalue weighted by Gasteiger charge is 2.42. The summed E-state index contributed by atoms with van der Waals surface area (Å²) in [5.41, 5.74) is 6.80. The molecule has 2 fully saturated rings. The lowest BCUT2D eigenvalue weighted by Crippen LogP contribution is -2.55. The molecule has 3 amide bonds. The van der Waals surface area contributed by atoms with E-state index in [4.69, 9.17) is 24.2 Å². The van der Waals surface area contributed by atoms with Crippen LogP contribution in [0.25, 0.3) is 44.2 Å². The summed E-state index contributed by atoms with van der Waals surface area (Å²) in [6.07, 6.45) is 4.79. The molecule has 3 N–H and O–H groups in total. The number of carbonyl (C=O) groups is 3. The summed E-state index contributed by atoms with van der Waals surface area (Å²) in [7, 11) is 2.78. The van der Waals surface area contributed by atoms with Gasteiger partial charge in [-0.05, 0) is 91.3 Å². The summed E-state index contributed by atoms with van der Waals surface area (Å²) < 4.78 is 16.7. The second-order valence-electron chi connectivity index (χ2n) is 16.0. The minimum absolute atomic E-state index is 0.0646. The molecule has 5 aromatic rings. The Morgan fingerprint density at radius 3 is 2.57 bits per heavy atom. The molecule has 3 aliphatic heterocycles. The number of ether oxygens (including phenoxy) is 3. The Balaban J connectivity index is 1.06. The van der Waals surface area contributed by atoms with Gasteiger partial charge >= 0.3 is 6.09 Å². The van der Waals surface area contributed by atoms with Crippen LogP contribution in [-0.2, 0) is 25.7 Å². The molecule has 3 aromatic carbocycles. The summed E-state index contributed by atoms with van der Waals surface area (Å²) in [4.78, 5) is 59.8. The monoisotopic (exact) mass is 760 g/mol. The van der Waals surface area contributed by atoms with Gasteiger partial charge in [0, 0.05) is 30.6 Å². The maximum atomic E-state index is 14.0. The summed E-state index contributed by atoms with van der Waals surface area (Å²) in [5, 5.41) is 4.68. The molecule has 13 nitrogen and oxygen atoms in total. The van der Waals surface area contributed by atoms with E-state index in [0.29, 0.717) is 18.3 Å². The maximum Gasteiger partial charge on any atom is 0.407 e. The Kier molecular flexibility index (Phi) is 9.98. The molecular weight excluding hydrogens is 711 g/mol. The van der Waals surface area contributed by atoms with Gasteiger partial charge in [-0.25, -0.2) is 14.8 Å². The maximum absolute atomic E-state index is 14.0. The molecule has 5 heterocycles. The number of fused-ring (bicyclic) bond motifs is 6. The number of alkyl carbamates (subject to hydrolysis) is 1. The van der Waals surface area contributed by atoms with Crippen LogP contribution < -0.4 is 10.1 Å². The number of hydrogen-bond donors (Lipinski definition) is 3. The minimum atomic E-state index is -0.919. The topological polar surface area (TPSA) is 155 Å². The van der Waals surface area contributed by atoms with E-state index >= 15 is 0 Å². The summed E-state index contributed by atoms with van der Waals surface area (Å²) in [6, 6.07) is 13.4. The first-order valence-electron chi connectivity index (χ1n) is 19.6. The zero-order chi connectivity index (χ0) is 39.4. The van der Waals surface area contributed by atoms with Crippen LogP contribution in [0.4, 0.5) is 4.79 Å². The SMILES string of the molecule is COC(=O)N[C@H](C(=O)N1[C@@H](C)CC[C@H]1c1nc2ccc3cc4c(cc3c2[nH]1)OCc1cc(-c2cnc([C@@H]3C[C@H](C)CN3C(=O)[CH]C(C)C)[nH]2)ccc1-4)[C@@H](C)OC. The number of rotatable bonds is 9. The largest absolute Gasteiger partial charge is 0.488 e. The molecule has 293 valence electrons. The Morgan fingerprint density at radius 2 is 1.80 bits per heavy atom. The van der Waals surface area contributed by atoms with Crippen molar-refractivity contribution in [1.82, 2.24) is 35.1 Å². The number of carbonyl (C=O) groups excluding carboxylic acids is 3. The molecule has 1 radical (unpaired) electrons. The fourth-order valence-corrected chi connectivity index (χ4v) is 8.71. The van der Waals surface area contributed by atoms with Crippen molar-refractivity contribution in [1.29, 1.82) is 0 Å². The number of H-pyrrole nitrogens is 2. The number of likely N-dealkylation sites (tertiary alicyclic amines) is 2. The van der Waals surface area contributed by atoms with E-state index in [-0.39, 0.29) is 35.9 Å². The van der Waals surface area contributed by atoms with E-state index in [0.717, 1.165) is 87.1 Å². The number of nitrogens with zero attached hydrogens (tertiary/aromatic N) is 4. The van der Waals surface area contributed by atoms with Gasteiger partial charge in [-0.3, -0.25) is 9.59 Å². The number of benzene rings is 3. The molecule has 0 spiro atoms. The van der Waals surface area contributed by atoms with Gasteiger partial charge in [0.1, 0.15) is 30.0 Å². The summed E-state index contributed by atoms with van der Waals surface area (Å²) in [5.74, 6) is 2.71. The zero-order valence-corrected chi connectivity index (χ0v) is 33.0. The van der Waals surface area contributed by atoms with Crippen molar-refractivity contribution in [2.45, 2.75) is 90.8 Å². The number of imidazole rings is 2. The number of amides is 3. The highest BCUT2D eigenvalue weighted by Crippen LogP contribution is 2.44. The Bertz CT molecular complexity index is 2310. The molecule has 0 bridgehead atoms. The Labute approximate surface area is 326 Å². The van der Waals surface area contributed by atoms with Crippen LogP contribution in [0.5, 0.6) is 5.75 Å². The summed E-state index contributed by atoms with van der Waals surface area (Å²) in [6.45, 7) is 11.1. The van der Waals surface area contributed by atoms with Crippen LogP contribution >= 0.6 is 0 Å². The van der Waals surface area contributed by atoms with Gasteiger partial charge in [-0.2, -0.15) is 0 Å². The standard InChI is InChI=1S/C43H50N7O6/c1-22(2)14-37(51)49-20-23(3)15-35(49)40-44-19-33(46-40)27-9-11-29-28(16-27)21-56-36-18-30-26(17-31(29)36)10-12-32-39(30)47-41(45-32)34-13-8-24(4)50(34)42(52)38(25(5)54-6)48-43(53)55-7/h9-12,14,16-19,22-25,34-35,38H,8,13,15,20-21H2,1-7H3,(H,44,46)(H,45,47)(H,48,53)/t23-,24-,25+,34-,35-,38-/m0/s1. The van der Waals surface area contributed by atoms with E-state index in [1.54, 1.807) is 13.3 Å². The van der Waals surface area contributed by atoms with Crippen LogP contribution in [0.15, 0.2) is 48.7 Å². The second kappa shape index (κ2) is 14.9. The lowest BCUT2D eigenvalue weighted by atomic mass is 9.92. The van der Waals surface area contributed by atoms with Crippen LogP contribution in [-0.4, -0.2) is 86.6 Å². The lowest BCUT2D eigenvalue weighted by Gasteiger charge is -2.33. The van der Waals surface area contributed by atoms with Gasteiger partial charge in [0.15, 0.2) is 0 Å². The van der Waals surface area contributed by atoms with Crippen LogP contribution in [0, 0.1) is 18.3 Å². The molecule has 3 aliphatic rings. The van der Waals surface area contributed by atoms with E-state index in [1.165, 1.54) is 14.2 Å². The van der Waals surface area contributed by atoms with Gasteiger partial charge in [-0.15, -0.1) is 0 Å². The number of hydrogen-bond acceptors (Lipinski definition) is 8. The van der Waals surface area contributed by atoms with Crippen molar-refractivity contribution < 1.29 is 28.6 Å². The predicted molar refractivity (Wildman–Crippen MR) is 212 cm³/mol. The average molecular weight is 761 g/mol. The first kappa shape index (κ1) is 37.5. The number of methoxy groups -OCH3 is 2. The highest BCUT2D eigenvalue weighted by atomic mass is 16.5. The molecular formula is C43H50N7O6. The Morgan fingerprint density at radius 1 is 0.982 bits per heavy atom. The Hall–Kier alpha value is -5.43. The third-order valence-electron chi connectivity index (χ3n) is 11.7. The number of aromatic nitrogens is 4. The van der Waals surface area contributed by atoms with Crippen molar-refractivity contribution in [3.63, 3.8) is 0 Å². The second-order valence-corrected chi connectivity index (χ2v) is 16.0. The molecule has 0 saturated carbocycles. The normalized spacial score (nSPS) is 21.6. The third kappa shape index (κ3) is 6.75. The molecule has 56 heavy (non-hydrogen) atoms. The molecule has 0 aliphatic carbocycles. The molecule has 2 aromatic heterocycles. The molecule has 13 heteroatoms. The quantitative estimate of drug-likeness (QED) is 0.142. The van der Waals surface area contributed by atoms with Gasteiger partial charge in [-0.1, -0.05) is 39.0 Å². The van der Waals surface area contributed by atoms with Crippen molar-refractivity contribution in [3.8, 4) is 28.1 Å². The number of aromatic amines is 2. The predicted octanol–water partition coefficient (Wildman–Crippen LogP) is 7.25. The van der Waals surface area contributed by atoms with Crippen molar-refractivity contribution in [3.05, 3.63) is 72.3 Å². The van der Waals surface area contributed by atoms with Gasteiger partial charge in [0.25, 0.3) is 0 Å². The smallest absolute Gasteiger partial charge is 0.407 e. The molecule has 6 atom stereocenters. The third-order valence-corrected chi connectivity index (χ3v) is 11.7. The first-order chi connectivity index (χ1) is 26.9. The fourth-order valence-electron chi connectivity index (χ4n) is 8.71. The van der Waals surface area contributed by atoms with Crippen molar-refractivity contribution in [2.24, 2.45) is 11.8 Å². The van der Waals surface area contributed by atoms with Crippen LogP contribution in [0.3, 0.4) is 0 Å². The number of nitrogens with one attached hydrogen (secondary N) is 3. The van der Waals surface area contributed by atoms with Gasteiger partial charge in [0.05, 0.1) is 54.6 Å². The van der Waals surface area contributed by atoms with Crippen LogP contribution in [0.2, 0.25) is 0 Å². The van der Waals surface area contributed by atoms with Crippen molar-refractivity contribution in [2.75, 3.05) is 20.8 Å². The van der Waals surface area contributed by atoms with Crippen LogP contribution in [0.1, 0.15) is 83.2 Å². The average Bonchev–Trinajstić information content (AvgIpc) is 4.00. The zero-order valence-electron chi connectivity index (χ0n) is 33.0. The highest BCUT2D eigenvalue weighted by molar-refractivity contribution is 6.07. The van der Waals surface area contributed by atoms with E-state index in [2.05, 4.69) is 58.6 Å². The van der Waals surface area contributed by atoms with E-state index in [9.17, 15) is 14.4 Å².